The number of nitrogens with zero attached hydrogens (tertiary/aromatic N) is 3. The number of hydrogen-bond acceptors (Lipinski definition) is 5. The second-order valence-electron chi connectivity index (χ2n) is 6.32. The zero-order chi connectivity index (χ0) is 17.2. The second-order valence-corrected chi connectivity index (χ2v) is 6.32. The van der Waals surface area contributed by atoms with Gasteiger partial charge in [0.05, 0.1) is 17.4 Å². The first-order valence-corrected chi connectivity index (χ1v) is 7.21. The topological polar surface area (TPSA) is 73.7 Å². The Bertz CT molecular complexity index is 730. The lowest BCUT2D eigenvalue weighted by molar-refractivity contribution is -0.135. The molecule has 2 aromatic rings. The molecular weight excluding hydrogens is 298 g/mol. The Hall–Kier alpha value is -2.57. The van der Waals surface area contributed by atoms with Crippen molar-refractivity contribution < 1.29 is 19.1 Å². The van der Waals surface area contributed by atoms with Gasteiger partial charge in [-0.05, 0) is 32.9 Å². The molecule has 124 valence electrons. The van der Waals surface area contributed by atoms with Crippen molar-refractivity contribution in [2.24, 2.45) is 7.05 Å². The Labute approximate surface area is 134 Å². The van der Waals surface area contributed by atoms with Crippen LogP contribution in [0.4, 0.5) is 4.79 Å². The minimum Gasteiger partial charge on any atom is -0.444 e. The number of aromatic nitrogens is 2. The Morgan fingerprint density at radius 2 is 2.00 bits per heavy atom. The lowest BCUT2D eigenvalue weighted by Gasteiger charge is -2.24. The number of aryl methyl sites for hydroxylation is 1. The molecule has 1 aromatic heterocycles. The van der Waals surface area contributed by atoms with Gasteiger partial charge in [-0.15, -0.1) is 0 Å². The van der Waals surface area contributed by atoms with E-state index in [1.165, 1.54) is 11.9 Å². The second kappa shape index (κ2) is 6.28. The molecule has 7 nitrogen and oxygen atoms in total. The Morgan fingerprint density at radius 3 is 2.65 bits per heavy atom. The van der Waals surface area contributed by atoms with Crippen molar-refractivity contribution in [2.75, 3.05) is 13.6 Å². The van der Waals surface area contributed by atoms with Crippen LogP contribution < -0.4 is 4.74 Å². The van der Waals surface area contributed by atoms with Crippen molar-refractivity contribution in [3.8, 4) is 5.75 Å². The van der Waals surface area contributed by atoms with Gasteiger partial charge in [-0.2, -0.15) is 0 Å². The first kappa shape index (κ1) is 16.8. The molecule has 2 rings (SSSR count). The average molecular weight is 319 g/mol. The average Bonchev–Trinajstić information content (AvgIpc) is 2.77. The van der Waals surface area contributed by atoms with Gasteiger partial charge in [-0.3, -0.25) is 0 Å². The first-order chi connectivity index (χ1) is 10.7. The molecule has 7 heteroatoms. The number of imidazole rings is 1. The third-order valence-electron chi connectivity index (χ3n) is 3.00. The SMILES string of the molecule is CN(CC(=O)Oc1ccc2c(c1)ncn2C)C(=O)OC(C)(C)C. The third kappa shape index (κ3) is 4.45. The highest BCUT2D eigenvalue weighted by atomic mass is 16.6. The van der Waals surface area contributed by atoms with Gasteiger partial charge < -0.3 is 18.9 Å². The van der Waals surface area contributed by atoms with E-state index in [1.54, 1.807) is 39.2 Å². The molecular formula is C16H21N3O4. The van der Waals surface area contributed by atoms with Crippen LogP contribution in [0.1, 0.15) is 20.8 Å². The van der Waals surface area contributed by atoms with Crippen LogP contribution in [0.3, 0.4) is 0 Å². The highest BCUT2D eigenvalue weighted by molar-refractivity contribution is 5.81. The van der Waals surface area contributed by atoms with Crippen LogP contribution in [-0.2, 0) is 16.6 Å². The van der Waals surface area contributed by atoms with Gasteiger partial charge in [0, 0.05) is 20.2 Å². The molecule has 0 spiro atoms. The van der Waals surface area contributed by atoms with Gasteiger partial charge in [-0.25, -0.2) is 14.6 Å². The summed E-state index contributed by atoms with van der Waals surface area (Å²) < 4.78 is 12.3. The largest absolute Gasteiger partial charge is 0.444 e. The molecule has 1 heterocycles. The van der Waals surface area contributed by atoms with E-state index in [1.807, 2.05) is 17.7 Å². The predicted molar refractivity (Wildman–Crippen MR) is 85.2 cm³/mol. The zero-order valence-electron chi connectivity index (χ0n) is 14.0. The molecule has 0 unspecified atom stereocenters. The van der Waals surface area contributed by atoms with Crippen LogP contribution in [0.15, 0.2) is 24.5 Å². The molecule has 0 aliphatic rings. The summed E-state index contributed by atoms with van der Waals surface area (Å²) >= 11 is 0. The normalized spacial score (nSPS) is 11.3. The van der Waals surface area contributed by atoms with Gasteiger partial charge in [0.25, 0.3) is 0 Å². The molecule has 0 bridgehead atoms. The van der Waals surface area contributed by atoms with Crippen molar-refractivity contribution in [3.05, 3.63) is 24.5 Å². The molecule has 0 aliphatic heterocycles. The summed E-state index contributed by atoms with van der Waals surface area (Å²) in [6.45, 7) is 5.09. The molecule has 1 aromatic carbocycles. The maximum atomic E-state index is 11.9. The van der Waals surface area contributed by atoms with E-state index >= 15 is 0 Å². The standard InChI is InChI=1S/C16H21N3O4/c1-16(2,3)23-15(21)18(4)9-14(20)22-11-6-7-13-12(8-11)17-10-19(13)5/h6-8,10H,9H2,1-5H3. The first-order valence-electron chi connectivity index (χ1n) is 7.21. The van der Waals surface area contributed by atoms with E-state index in [2.05, 4.69) is 4.98 Å². The lowest BCUT2D eigenvalue weighted by atomic mass is 10.2. The molecule has 0 aliphatic carbocycles. The Kier molecular flexibility index (Phi) is 4.58. The number of carbonyl (C=O) groups excluding carboxylic acids is 2. The molecule has 23 heavy (non-hydrogen) atoms. The minimum atomic E-state index is -0.612. The molecule has 0 saturated heterocycles. The van der Waals surface area contributed by atoms with E-state index < -0.39 is 17.7 Å². The number of esters is 1. The lowest BCUT2D eigenvalue weighted by Crippen LogP contribution is -2.38. The van der Waals surface area contributed by atoms with E-state index in [9.17, 15) is 9.59 Å². The van der Waals surface area contributed by atoms with E-state index in [-0.39, 0.29) is 6.54 Å². The summed E-state index contributed by atoms with van der Waals surface area (Å²) in [7, 11) is 3.37. The summed E-state index contributed by atoms with van der Waals surface area (Å²) in [6.07, 6.45) is 1.11. The summed E-state index contributed by atoms with van der Waals surface area (Å²) in [4.78, 5) is 29.1. The van der Waals surface area contributed by atoms with Gasteiger partial charge >= 0.3 is 12.1 Å². The minimum absolute atomic E-state index is 0.199. The predicted octanol–water partition coefficient (Wildman–Crippen LogP) is 2.35. The summed E-state index contributed by atoms with van der Waals surface area (Å²) in [5.74, 6) is -0.160. The fraction of sp³-hybridized carbons (Fsp3) is 0.438. The van der Waals surface area contributed by atoms with Crippen LogP contribution in [0.25, 0.3) is 11.0 Å². The summed E-state index contributed by atoms with van der Waals surface area (Å²) in [5.41, 5.74) is 1.06. The monoisotopic (exact) mass is 319 g/mol. The Morgan fingerprint density at radius 1 is 1.30 bits per heavy atom. The number of likely N-dealkylation sites (N-methyl/N-ethyl adjacent to an activating group) is 1. The highest BCUT2D eigenvalue weighted by Gasteiger charge is 2.21. The number of ether oxygens (including phenoxy) is 2. The molecule has 0 fully saturated rings. The fourth-order valence-electron chi connectivity index (χ4n) is 1.94. The maximum Gasteiger partial charge on any atom is 0.410 e. The van der Waals surface area contributed by atoms with Crippen LogP contribution in [0.2, 0.25) is 0 Å². The van der Waals surface area contributed by atoms with Gasteiger partial charge in [-0.1, -0.05) is 0 Å². The highest BCUT2D eigenvalue weighted by Crippen LogP contribution is 2.19. The molecule has 0 N–H and O–H groups in total. The van der Waals surface area contributed by atoms with Gasteiger partial charge in [0.2, 0.25) is 0 Å². The van der Waals surface area contributed by atoms with Crippen LogP contribution >= 0.6 is 0 Å². The Balaban J connectivity index is 1.96. The molecule has 1 amide bonds. The summed E-state index contributed by atoms with van der Waals surface area (Å²) in [6, 6.07) is 5.19. The fourth-order valence-corrected chi connectivity index (χ4v) is 1.94. The van der Waals surface area contributed by atoms with Crippen LogP contribution in [-0.4, -0.2) is 45.7 Å². The van der Waals surface area contributed by atoms with Gasteiger partial charge in [0.15, 0.2) is 0 Å². The van der Waals surface area contributed by atoms with E-state index in [0.717, 1.165) is 11.0 Å². The van der Waals surface area contributed by atoms with Crippen LogP contribution in [0, 0.1) is 0 Å². The third-order valence-corrected chi connectivity index (χ3v) is 3.00. The number of fused-ring (bicyclic) bond motifs is 1. The number of benzene rings is 1. The van der Waals surface area contributed by atoms with Crippen molar-refractivity contribution in [1.82, 2.24) is 14.5 Å². The smallest absolute Gasteiger partial charge is 0.410 e. The maximum absolute atomic E-state index is 11.9. The number of rotatable bonds is 3. The van der Waals surface area contributed by atoms with Crippen molar-refractivity contribution in [3.63, 3.8) is 0 Å². The number of carbonyl (C=O) groups is 2. The number of hydrogen-bond donors (Lipinski definition) is 0. The van der Waals surface area contributed by atoms with Gasteiger partial charge in [0.1, 0.15) is 17.9 Å². The van der Waals surface area contributed by atoms with Crippen molar-refractivity contribution >= 4 is 23.1 Å². The van der Waals surface area contributed by atoms with Crippen molar-refractivity contribution in [1.29, 1.82) is 0 Å². The van der Waals surface area contributed by atoms with E-state index in [4.69, 9.17) is 9.47 Å². The molecule has 0 atom stereocenters. The summed E-state index contributed by atoms with van der Waals surface area (Å²) in [5, 5.41) is 0. The molecule has 0 radical (unpaired) electrons. The van der Waals surface area contributed by atoms with E-state index in [0.29, 0.717) is 5.75 Å². The zero-order valence-corrected chi connectivity index (χ0v) is 14.0. The number of amides is 1. The molecule has 0 saturated carbocycles. The van der Waals surface area contributed by atoms with Crippen molar-refractivity contribution in [2.45, 2.75) is 26.4 Å². The van der Waals surface area contributed by atoms with Crippen LogP contribution in [0.5, 0.6) is 5.75 Å². The quantitative estimate of drug-likeness (QED) is 0.641.